The summed E-state index contributed by atoms with van der Waals surface area (Å²) in [6.07, 6.45) is 2.80. The van der Waals surface area contributed by atoms with E-state index in [2.05, 4.69) is 4.98 Å². The molecule has 6 heteroatoms. The van der Waals surface area contributed by atoms with E-state index >= 15 is 0 Å². The largest absolute Gasteiger partial charge is 0.364 e. The highest BCUT2D eigenvalue weighted by molar-refractivity contribution is 6.30. The molecule has 0 atom stereocenters. The van der Waals surface area contributed by atoms with Gasteiger partial charge in [-0.05, 0) is 24.3 Å². The van der Waals surface area contributed by atoms with Gasteiger partial charge in [-0.2, -0.15) is 0 Å². The lowest BCUT2D eigenvalue weighted by Gasteiger charge is -2.05. The molecule has 1 aromatic heterocycles. The van der Waals surface area contributed by atoms with E-state index in [0.717, 1.165) is 0 Å². The second kappa shape index (κ2) is 4.39. The quantitative estimate of drug-likeness (QED) is 0.862. The normalized spacial score (nSPS) is 10.2. The Morgan fingerprint density at radius 2 is 1.94 bits per heavy atom. The van der Waals surface area contributed by atoms with E-state index < -0.39 is 11.5 Å². The van der Waals surface area contributed by atoms with Gasteiger partial charge in [0.15, 0.2) is 5.69 Å². The Bertz CT molecular complexity index is 619. The number of hydrogen-bond acceptors (Lipinski definition) is 3. The molecule has 1 aromatic carbocycles. The minimum atomic E-state index is -0.849. The number of primary amides is 1. The number of halogens is 1. The lowest BCUT2D eigenvalue weighted by Crippen LogP contribution is -2.29. The van der Waals surface area contributed by atoms with Gasteiger partial charge in [-0.1, -0.05) is 11.6 Å². The number of carbonyl (C=O) groups excluding carboxylic acids is 1. The lowest BCUT2D eigenvalue weighted by molar-refractivity contribution is 0.0993. The minimum absolute atomic E-state index is 0.289. The van der Waals surface area contributed by atoms with Crippen LogP contribution in [0.25, 0.3) is 5.69 Å². The molecule has 0 unspecified atom stereocenters. The van der Waals surface area contributed by atoms with E-state index in [9.17, 15) is 9.59 Å². The molecule has 0 fully saturated rings. The highest BCUT2D eigenvalue weighted by Crippen LogP contribution is 2.11. The Balaban J connectivity index is 2.61. The van der Waals surface area contributed by atoms with Crippen molar-refractivity contribution in [2.24, 2.45) is 5.73 Å². The average Bonchev–Trinajstić information content (AvgIpc) is 2.30. The number of aromatic nitrogens is 2. The van der Waals surface area contributed by atoms with Crippen molar-refractivity contribution in [2.45, 2.75) is 0 Å². The average molecular weight is 250 g/mol. The molecule has 0 aliphatic rings. The first-order valence-electron chi connectivity index (χ1n) is 4.73. The van der Waals surface area contributed by atoms with Crippen LogP contribution in [0.3, 0.4) is 0 Å². The summed E-state index contributed by atoms with van der Waals surface area (Å²) in [6, 6.07) is 6.62. The Kier molecular flexibility index (Phi) is 2.93. The minimum Gasteiger partial charge on any atom is -0.364 e. The molecule has 2 rings (SSSR count). The van der Waals surface area contributed by atoms with E-state index in [0.29, 0.717) is 10.7 Å². The highest BCUT2D eigenvalue weighted by Gasteiger charge is 2.10. The number of amides is 1. The number of benzene rings is 1. The van der Waals surface area contributed by atoms with Crippen molar-refractivity contribution >= 4 is 17.5 Å². The van der Waals surface area contributed by atoms with E-state index in [1.54, 1.807) is 24.3 Å². The third-order valence-electron chi connectivity index (χ3n) is 2.18. The summed E-state index contributed by atoms with van der Waals surface area (Å²) >= 11 is 5.75. The molecule has 1 amide bonds. The fraction of sp³-hybridized carbons (Fsp3) is 0. The van der Waals surface area contributed by atoms with Crippen molar-refractivity contribution in [3.63, 3.8) is 0 Å². The van der Waals surface area contributed by atoms with Crippen LogP contribution >= 0.6 is 11.6 Å². The van der Waals surface area contributed by atoms with Gasteiger partial charge in [0.2, 0.25) is 0 Å². The molecule has 86 valence electrons. The van der Waals surface area contributed by atoms with Crippen molar-refractivity contribution in [2.75, 3.05) is 0 Å². The van der Waals surface area contributed by atoms with E-state index in [4.69, 9.17) is 17.3 Å². The molecule has 0 saturated heterocycles. The van der Waals surface area contributed by atoms with E-state index in [1.807, 2.05) is 0 Å². The van der Waals surface area contributed by atoms with Gasteiger partial charge < -0.3 is 5.73 Å². The van der Waals surface area contributed by atoms with Gasteiger partial charge in [-0.25, -0.2) is 4.98 Å². The SMILES string of the molecule is NC(=O)c1nccn(-c2ccc(Cl)cc2)c1=O. The van der Waals surface area contributed by atoms with Crippen LogP contribution in [0.1, 0.15) is 10.5 Å². The van der Waals surface area contributed by atoms with Crippen LogP contribution in [0.4, 0.5) is 0 Å². The molecule has 0 radical (unpaired) electrons. The molecule has 0 bridgehead atoms. The van der Waals surface area contributed by atoms with Gasteiger partial charge in [0.05, 0.1) is 0 Å². The van der Waals surface area contributed by atoms with Crippen molar-refractivity contribution in [3.05, 3.63) is 57.7 Å². The summed E-state index contributed by atoms with van der Waals surface area (Å²) in [7, 11) is 0. The molecule has 1 heterocycles. The van der Waals surface area contributed by atoms with Crippen molar-refractivity contribution < 1.29 is 4.79 Å². The van der Waals surface area contributed by atoms with Gasteiger partial charge in [-0.15, -0.1) is 0 Å². The van der Waals surface area contributed by atoms with Crippen LogP contribution < -0.4 is 11.3 Å². The maximum Gasteiger partial charge on any atom is 0.286 e. The first kappa shape index (κ1) is 11.3. The topological polar surface area (TPSA) is 78.0 Å². The number of nitrogens with zero attached hydrogens (tertiary/aromatic N) is 2. The van der Waals surface area contributed by atoms with Gasteiger partial charge in [0.1, 0.15) is 0 Å². The predicted octanol–water partition coefficient (Wildman–Crippen LogP) is 0.985. The van der Waals surface area contributed by atoms with Crippen molar-refractivity contribution in [1.82, 2.24) is 9.55 Å². The maximum absolute atomic E-state index is 11.9. The van der Waals surface area contributed by atoms with Crippen LogP contribution in [0.2, 0.25) is 5.02 Å². The number of carbonyl (C=O) groups is 1. The molecule has 2 aromatic rings. The standard InChI is InChI=1S/C11H8ClN3O2/c12-7-1-3-8(4-2-7)15-6-5-14-9(10(13)16)11(15)17/h1-6H,(H2,13,16). The molecule has 17 heavy (non-hydrogen) atoms. The highest BCUT2D eigenvalue weighted by atomic mass is 35.5. The molecule has 0 aliphatic heterocycles. The Morgan fingerprint density at radius 1 is 1.29 bits per heavy atom. The molecule has 5 nitrogen and oxygen atoms in total. The number of rotatable bonds is 2. The molecule has 0 spiro atoms. The van der Waals surface area contributed by atoms with Crippen molar-refractivity contribution in [3.8, 4) is 5.69 Å². The number of hydrogen-bond donors (Lipinski definition) is 1. The van der Waals surface area contributed by atoms with Crippen LogP contribution in [0.5, 0.6) is 0 Å². The lowest BCUT2D eigenvalue weighted by atomic mass is 10.3. The first-order chi connectivity index (χ1) is 8.09. The number of nitrogens with two attached hydrogens (primary N) is 1. The second-order valence-corrected chi connectivity index (χ2v) is 3.73. The zero-order valence-electron chi connectivity index (χ0n) is 8.63. The van der Waals surface area contributed by atoms with E-state index in [1.165, 1.54) is 17.0 Å². The summed E-state index contributed by atoms with van der Waals surface area (Å²) in [6.45, 7) is 0. The van der Waals surface area contributed by atoms with Gasteiger partial charge in [0.25, 0.3) is 11.5 Å². The van der Waals surface area contributed by atoms with Crippen LogP contribution in [0, 0.1) is 0 Å². The fourth-order valence-corrected chi connectivity index (χ4v) is 1.51. The maximum atomic E-state index is 11.9. The van der Waals surface area contributed by atoms with Crippen LogP contribution in [0.15, 0.2) is 41.5 Å². The third kappa shape index (κ3) is 2.19. The molecule has 0 saturated carbocycles. The fourth-order valence-electron chi connectivity index (χ4n) is 1.39. The summed E-state index contributed by atoms with van der Waals surface area (Å²) in [4.78, 5) is 26.5. The summed E-state index contributed by atoms with van der Waals surface area (Å²) < 4.78 is 1.28. The summed E-state index contributed by atoms with van der Waals surface area (Å²) in [5.74, 6) is -0.849. The third-order valence-corrected chi connectivity index (χ3v) is 2.43. The molecule has 0 aliphatic carbocycles. The van der Waals surface area contributed by atoms with Crippen molar-refractivity contribution in [1.29, 1.82) is 0 Å². The molecule has 2 N–H and O–H groups in total. The monoisotopic (exact) mass is 249 g/mol. The van der Waals surface area contributed by atoms with Gasteiger partial charge in [0, 0.05) is 23.1 Å². The Labute approximate surface area is 101 Å². The summed E-state index contributed by atoms with van der Waals surface area (Å²) in [5.41, 5.74) is 4.79. The first-order valence-corrected chi connectivity index (χ1v) is 5.11. The predicted molar refractivity (Wildman–Crippen MR) is 63.4 cm³/mol. The zero-order valence-corrected chi connectivity index (χ0v) is 9.39. The smallest absolute Gasteiger partial charge is 0.286 e. The zero-order chi connectivity index (χ0) is 12.4. The molecular weight excluding hydrogens is 242 g/mol. The Morgan fingerprint density at radius 3 is 2.53 bits per heavy atom. The molecular formula is C11H8ClN3O2. The van der Waals surface area contributed by atoms with E-state index in [-0.39, 0.29) is 5.69 Å². The van der Waals surface area contributed by atoms with Gasteiger partial charge >= 0.3 is 0 Å². The summed E-state index contributed by atoms with van der Waals surface area (Å²) in [5, 5.41) is 0.561. The van der Waals surface area contributed by atoms with Crippen LogP contribution in [-0.2, 0) is 0 Å². The second-order valence-electron chi connectivity index (χ2n) is 3.29. The van der Waals surface area contributed by atoms with Gasteiger partial charge in [-0.3, -0.25) is 14.2 Å². The Hall–Kier alpha value is -2.14. The van der Waals surface area contributed by atoms with Crippen LogP contribution in [-0.4, -0.2) is 15.5 Å².